The molecule has 0 saturated carbocycles. The summed E-state index contributed by atoms with van der Waals surface area (Å²) in [5.74, 6) is -0.0977. The topological polar surface area (TPSA) is 29.1 Å². The molecule has 0 fully saturated rings. The minimum atomic E-state index is -0.0977. The Balaban J connectivity index is 2.14. The van der Waals surface area contributed by atoms with Crippen LogP contribution in [0.1, 0.15) is 27.5 Å². The summed E-state index contributed by atoms with van der Waals surface area (Å²) >= 11 is 6.06. The lowest BCUT2D eigenvalue weighted by Crippen LogP contribution is -2.19. The first kappa shape index (κ1) is 10.4. The van der Waals surface area contributed by atoms with Crippen LogP contribution < -0.4 is 5.32 Å². The molecule has 1 aliphatic heterocycles. The number of carbonyl (C=O) groups excluding carboxylic acids is 1. The number of halogens is 1. The van der Waals surface area contributed by atoms with Gasteiger partial charge in [-0.25, -0.2) is 0 Å². The van der Waals surface area contributed by atoms with Crippen molar-refractivity contribution in [2.75, 3.05) is 0 Å². The van der Waals surface area contributed by atoms with Crippen LogP contribution in [-0.4, -0.2) is 5.91 Å². The zero-order chi connectivity index (χ0) is 11.8. The van der Waals surface area contributed by atoms with E-state index in [1.165, 1.54) is 0 Å². The van der Waals surface area contributed by atoms with Gasteiger partial charge < -0.3 is 5.32 Å². The van der Waals surface area contributed by atoms with Crippen molar-refractivity contribution < 1.29 is 4.79 Å². The van der Waals surface area contributed by atoms with Crippen LogP contribution in [0.3, 0.4) is 0 Å². The second-order valence-electron chi connectivity index (χ2n) is 4.02. The smallest absolute Gasteiger partial charge is 0.253 e. The molecule has 0 spiro atoms. The number of carbonyl (C=O) groups is 1. The fourth-order valence-electron chi connectivity index (χ4n) is 2.21. The maximum absolute atomic E-state index is 11.9. The predicted molar refractivity (Wildman–Crippen MR) is 67.2 cm³/mol. The molecule has 3 heteroatoms. The van der Waals surface area contributed by atoms with Gasteiger partial charge in [0, 0.05) is 0 Å². The zero-order valence-corrected chi connectivity index (χ0v) is 9.74. The van der Waals surface area contributed by atoms with Gasteiger partial charge in [-0.1, -0.05) is 54.1 Å². The first-order valence-electron chi connectivity index (χ1n) is 5.41. The lowest BCUT2D eigenvalue weighted by molar-refractivity contribution is 0.0960. The van der Waals surface area contributed by atoms with Gasteiger partial charge in [0.05, 0.1) is 16.6 Å². The Kier molecular flexibility index (Phi) is 2.37. The van der Waals surface area contributed by atoms with E-state index >= 15 is 0 Å². The van der Waals surface area contributed by atoms with Gasteiger partial charge in [0.15, 0.2) is 0 Å². The summed E-state index contributed by atoms with van der Waals surface area (Å²) in [6, 6.07) is 15.4. The molecular formula is C14H10ClNO. The summed E-state index contributed by atoms with van der Waals surface area (Å²) in [5, 5.41) is 3.47. The van der Waals surface area contributed by atoms with Crippen LogP contribution in [0.15, 0.2) is 48.5 Å². The Morgan fingerprint density at radius 1 is 1.00 bits per heavy atom. The number of hydrogen-bond donors (Lipinski definition) is 1. The molecule has 17 heavy (non-hydrogen) atoms. The summed E-state index contributed by atoms with van der Waals surface area (Å²) < 4.78 is 0. The second kappa shape index (κ2) is 3.90. The van der Waals surface area contributed by atoms with Crippen molar-refractivity contribution in [2.24, 2.45) is 0 Å². The van der Waals surface area contributed by atoms with Crippen molar-refractivity contribution in [1.29, 1.82) is 0 Å². The number of benzene rings is 2. The molecule has 1 unspecified atom stereocenters. The number of rotatable bonds is 1. The van der Waals surface area contributed by atoms with E-state index in [2.05, 4.69) is 5.32 Å². The minimum absolute atomic E-state index is 0.0857. The van der Waals surface area contributed by atoms with Crippen molar-refractivity contribution in [2.45, 2.75) is 6.04 Å². The van der Waals surface area contributed by atoms with Crippen molar-refractivity contribution in [1.82, 2.24) is 5.32 Å². The minimum Gasteiger partial charge on any atom is -0.341 e. The van der Waals surface area contributed by atoms with Gasteiger partial charge in [0.2, 0.25) is 0 Å². The van der Waals surface area contributed by atoms with Crippen molar-refractivity contribution in [3.05, 3.63) is 70.2 Å². The van der Waals surface area contributed by atoms with Crippen molar-refractivity contribution >= 4 is 17.5 Å². The van der Waals surface area contributed by atoms with Gasteiger partial charge in [-0.2, -0.15) is 0 Å². The van der Waals surface area contributed by atoms with E-state index in [1.54, 1.807) is 6.07 Å². The molecule has 1 amide bonds. The van der Waals surface area contributed by atoms with Crippen molar-refractivity contribution in [3.8, 4) is 0 Å². The van der Waals surface area contributed by atoms with E-state index in [9.17, 15) is 4.79 Å². The molecule has 0 saturated heterocycles. The number of nitrogens with one attached hydrogen (secondary N) is 1. The molecule has 0 bridgehead atoms. The monoisotopic (exact) mass is 243 g/mol. The third-order valence-corrected chi connectivity index (χ3v) is 3.31. The first-order chi connectivity index (χ1) is 8.27. The van der Waals surface area contributed by atoms with Crippen LogP contribution in [0.2, 0.25) is 5.02 Å². The Morgan fingerprint density at radius 2 is 1.76 bits per heavy atom. The molecule has 0 aromatic heterocycles. The van der Waals surface area contributed by atoms with Gasteiger partial charge in [-0.3, -0.25) is 4.79 Å². The van der Waals surface area contributed by atoms with Gasteiger partial charge in [-0.05, 0) is 17.2 Å². The van der Waals surface area contributed by atoms with E-state index in [0.29, 0.717) is 10.6 Å². The summed E-state index contributed by atoms with van der Waals surface area (Å²) in [5.41, 5.74) is 2.62. The average Bonchev–Trinajstić information content (AvgIpc) is 2.69. The number of hydrogen-bond acceptors (Lipinski definition) is 1. The first-order valence-corrected chi connectivity index (χ1v) is 5.79. The van der Waals surface area contributed by atoms with Gasteiger partial charge >= 0.3 is 0 Å². The maximum atomic E-state index is 11.9. The molecule has 0 radical (unpaired) electrons. The van der Waals surface area contributed by atoms with Crippen LogP contribution in [0.4, 0.5) is 0 Å². The molecule has 3 rings (SSSR count). The third-order valence-electron chi connectivity index (χ3n) is 2.99. The van der Waals surface area contributed by atoms with E-state index in [1.807, 2.05) is 42.5 Å². The highest BCUT2D eigenvalue weighted by Crippen LogP contribution is 2.34. The van der Waals surface area contributed by atoms with E-state index in [4.69, 9.17) is 11.6 Å². The maximum Gasteiger partial charge on any atom is 0.253 e. The number of fused-ring (bicyclic) bond motifs is 1. The normalized spacial score (nSPS) is 17.7. The SMILES string of the molecule is O=C1NC(c2ccccc2)c2cccc(Cl)c21. The quantitative estimate of drug-likeness (QED) is 0.819. The largest absolute Gasteiger partial charge is 0.341 e. The fraction of sp³-hybridized carbons (Fsp3) is 0.0714. The molecule has 1 heterocycles. The Hall–Kier alpha value is -1.80. The highest BCUT2D eigenvalue weighted by Gasteiger charge is 2.31. The molecule has 2 aromatic carbocycles. The van der Waals surface area contributed by atoms with Crippen LogP contribution in [0.25, 0.3) is 0 Å². The van der Waals surface area contributed by atoms with Crippen LogP contribution >= 0.6 is 11.6 Å². The summed E-state index contributed by atoms with van der Waals surface area (Å²) in [4.78, 5) is 11.9. The third kappa shape index (κ3) is 1.61. The van der Waals surface area contributed by atoms with Gasteiger partial charge in [-0.15, -0.1) is 0 Å². The van der Waals surface area contributed by atoms with E-state index < -0.39 is 0 Å². The standard InChI is InChI=1S/C14H10ClNO/c15-11-8-4-7-10-12(11)14(17)16-13(10)9-5-2-1-3-6-9/h1-8,13H,(H,16,17). The average molecular weight is 244 g/mol. The summed E-state index contributed by atoms with van der Waals surface area (Å²) in [7, 11) is 0. The van der Waals surface area contributed by atoms with Crippen molar-refractivity contribution in [3.63, 3.8) is 0 Å². The molecule has 1 aliphatic rings. The zero-order valence-electron chi connectivity index (χ0n) is 8.98. The second-order valence-corrected chi connectivity index (χ2v) is 4.43. The summed E-state index contributed by atoms with van der Waals surface area (Å²) in [6.45, 7) is 0. The Morgan fingerprint density at radius 3 is 2.53 bits per heavy atom. The molecule has 2 aromatic rings. The van der Waals surface area contributed by atoms with E-state index in [0.717, 1.165) is 11.1 Å². The van der Waals surface area contributed by atoms with Gasteiger partial charge in [0.25, 0.3) is 5.91 Å². The highest BCUT2D eigenvalue weighted by molar-refractivity contribution is 6.34. The Labute approximate surface area is 104 Å². The summed E-state index contributed by atoms with van der Waals surface area (Å²) in [6.07, 6.45) is 0. The molecule has 2 nitrogen and oxygen atoms in total. The lowest BCUT2D eigenvalue weighted by Gasteiger charge is -2.11. The van der Waals surface area contributed by atoms with Crippen LogP contribution in [-0.2, 0) is 0 Å². The number of amides is 1. The lowest BCUT2D eigenvalue weighted by atomic mass is 9.98. The van der Waals surface area contributed by atoms with Gasteiger partial charge in [0.1, 0.15) is 0 Å². The van der Waals surface area contributed by atoms with E-state index in [-0.39, 0.29) is 11.9 Å². The fourth-order valence-corrected chi connectivity index (χ4v) is 2.48. The van der Waals surface area contributed by atoms with Crippen LogP contribution in [0.5, 0.6) is 0 Å². The predicted octanol–water partition coefficient (Wildman–Crippen LogP) is 3.17. The molecule has 84 valence electrons. The van der Waals surface area contributed by atoms with Crippen LogP contribution in [0, 0.1) is 0 Å². The molecule has 1 atom stereocenters. The molecular weight excluding hydrogens is 234 g/mol. The highest BCUT2D eigenvalue weighted by atomic mass is 35.5. The molecule has 1 N–H and O–H groups in total. The molecule has 0 aliphatic carbocycles. The Bertz CT molecular complexity index is 580.